The van der Waals surface area contributed by atoms with Gasteiger partial charge in [-0.1, -0.05) is 30.3 Å². The molecule has 0 spiro atoms. The van der Waals surface area contributed by atoms with Gasteiger partial charge in [0.05, 0.1) is 0 Å². The third kappa shape index (κ3) is 7.06. The van der Waals surface area contributed by atoms with Crippen LogP contribution in [0.25, 0.3) is 0 Å². The van der Waals surface area contributed by atoms with Crippen molar-refractivity contribution in [1.82, 2.24) is 4.42 Å². The summed E-state index contributed by atoms with van der Waals surface area (Å²) in [5.41, 5.74) is 0.801. The minimum Gasteiger partial charge on any atom is -0.443 e. The molecule has 1 aromatic carbocycles. The third-order valence-electron chi connectivity index (χ3n) is 2.50. The predicted molar refractivity (Wildman–Crippen MR) is 78.2 cm³/mol. The van der Waals surface area contributed by atoms with Gasteiger partial charge in [-0.3, -0.25) is 0 Å². The Labute approximate surface area is 120 Å². The maximum absolute atomic E-state index is 11.6. The largest absolute Gasteiger partial charge is 0.443 e. The maximum atomic E-state index is 11.6. The number of aryl methyl sites for hydroxylation is 1. The van der Waals surface area contributed by atoms with Gasteiger partial charge in [-0.2, -0.15) is 0 Å². The zero-order chi connectivity index (χ0) is 14.3. The van der Waals surface area contributed by atoms with Crippen molar-refractivity contribution in [1.29, 1.82) is 0 Å². The van der Waals surface area contributed by atoms with Gasteiger partial charge in [-0.25, -0.2) is 9.21 Å². The number of hydrogen-bond acceptors (Lipinski definition) is 2. The molecule has 4 heteroatoms. The Morgan fingerprint density at radius 1 is 1.21 bits per heavy atom. The Morgan fingerprint density at radius 2 is 1.84 bits per heavy atom. The number of benzene rings is 1. The molecule has 0 N–H and O–H groups in total. The van der Waals surface area contributed by atoms with Crippen molar-refractivity contribution in [2.75, 3.05) is 6.54 Å². The molecule has 0 saturated carbocycles. The number of hydrogen-bond donors (Lipinski definition) is 0. The third-order valence-corrected chi connectivity index (χ3v) is 2.81. The fourth-order valence-corrected chi connectivity index (χ4v) is 1.78. The Kier molecular flexibility index (Phi) is 6.16. The van der Waals surface area contributed by atoms with E-state index in [0.29, 0.717) is 6.54 Å². The second-order valence-corrected chi connectivity index (χ2v) is 5.92. The molecule has 0 atom stereocenters. The molecule has 0 unspecified atom stereocenters. The first-order valence-corrected chi connectivity index (χ1v) is 6.92. The van der Waals surface area contributed by atoms with Gasteiger partial charge in [0.1, 0.15) is 5.60 Å². The van der Waals surface area contributed by atoms with E-state index in [1.807, 2.05) is 39.0 Å². The summed E-state index contributed by atoms with van der Waals surface area (Å²) in [5.74, 6) is 0. The van der Waals surface area contributed by atoms with Gasteiger partial charge in [0.15, 0.2) is 0 Å². The molecule has 106 valence electrons. The molecule has 0 saturated heterocycles. The van der Waals surface area contributed by atoms with E-state index < -0.39 is 11.7 Å². The average molecular weight is 284 g/mol. The molecule has 0 aliphatic rings. The SMILES string of the molecule is CC(C)(C)OC(=O)N(Cl)CCCCc1ccccc1. The number of rotatable bonds is 5. The predicted octanol–water partition coefficient (Wildman–Crippen LogP) is 4.40. The van der Waals surface area contributed by atoms with Crippen molar-refractivity contribution in [3.8, 4) is 0 Å². The van der Waals surface area contributed by atoms with Crippen molar-refractivity contribution < 1.29 is 9.53 Å². The van der Waals surface area contributed by atoms with Gasteiger partial charge in [-0.05, 0) is 45.6 Å². The van der Waals surface area contributed by atoms with Gasteiger partial charge >= 0.3 is 6.09 Å². The molecule has 0 aliphatic carbocycles. The summed E-state index contributed by atoms with van der Waals surface area (Å²) in [6.07, 6.45) is 2.38. The van der Waals surface area contributed by atoms with Gasteiger partial charge in [0.2, 0.25) is 0 Å². The molecule has 19 heavy (non-hydrogen) atoms. The summed E-state index contributed by atoms with van der Waals surface area (Å²) in [6, 6.07) is 10.3. The minimum absolute atomic E-state index is 0.478. The molecule has 0 fully saturated rings. The Morgan fingerprint density at radius 3 is 2.42 bits per heavy atom. The highest BCUT2D eigenvalue weighted by Crippen LogP contribution is 2.12. The summed E-state index contributed by atoms with van der Waals surface area (Å²) in [7, 11) is 0. The van der Waals surface area contributed by atoms with Gasteiger partial charge in [-0.15, -0.1) is 0 Å². The molecule has 1 rings (SSSR count). The summed E-state index contributed by atoms with van der Waals surface area (Å²) >= 11 is 5.88. The molecule has 1 aromatic rings. The van der Waals surface area contributed by atoms with Crippen LogP contribution in [0.1, 0.15) is 39.2 Å². The van der Waals surface area contributed by atoms with Gasteiger partial charge in [0, 0.05) is 18.3 Å². The highest BCUT2D eigenvalue weighted by molar-refractivity contribution is 6.20. The number of nitrogens with zero attached hydrogens (tertiary/aromatic N) is 1. The summed E-state index contributed by atoms with van der Waals surface area (Å²) in [5, 5.41) is 0. The number of carbonyl (C=O) groups is 1. The summed E-state index contributed by atoms with van der Waals surface area (Å²) < 4.78 is 6.29. The van der Waals surface area contributed by atoms with E-state index in [4.69, 9.17) is 16.5 Å². The number of amides is 1. The lowest BCUT2D eigenvalue weighted by Crippen LogP contribution is -2.31. The van der Waals surface area contributed by atoms with Crippen molar-refractivity contribution in [3.05, 3.63) is 35.9 Å². The molecule has 0 heterocycles. The zero-order valence-corrected chi connectivity index (χ0v) is 12.6. The second-order valence-electron chi connectivity index (χ2n) is 5.51. The maximum Gasteiger partial charge on any atom is 0.425 e. The first-order chi connectivity index (χ1) is 8.88. The first-order valence-electron chi connectivity index (χ1n) is 6.59. The van der Waals surface area contributed by atoms with E-state index in [9.17, 15) is 4.79 Å². The van der Waals surface area contributed by atoms with Crippen LogP contribution in [0, 0.1) is 0 Å². The van der Waals surface area contributed by atoms with E-state index in [2.05, 4.69) is 12.1 Å². The van der Waals surface area contributed by atoms with E-state index in [0.717, 1.165) is 23.7 Å². The molecular weight excluding hydrogens is 262 g/mol. The minimum atomic E-state index is -0.506. The molecule has 0 aromatic heterocycles. The van der Waals surface area contributed by atoms with Crippen molar-refractivity contribution >= 4 is 17.9 Å². The van der Waals surface area contributed by atoms with Crippen LogP contribution in [0.15, 0.2) is 30.3 Å². The first kappa shape index (κ1) is 15.8. The van der Waals surface area contributed by atoms with Crippen LogP contribution in [0.4, 0.5) is 4.79 Å². The lowest BCUT2D eigenvalue weighted by molar-refractivity contribution is 0.0391. The van der Waals surface area contributed by atoms with Crippen LogP contribution in [0.2, 0.25) is 0 Å². The lowest BCUT2D eigenvalue weighted by atomic mass is 10.1. The average Bonchev–Trinajstić information content (AvgIpc) is 2.33. The van der Waals surface area contributed by atoms with Crippen LogP contribution in [-0.4, -0.2) is 22.7 Å². The lowest BCUT2D eigenvalue weighted by Gasteiger charge is -2.22. The summed E-state index contributed by atoms with van der Waals surface area (Å²) in [6.45, 7) is 5.98. The topological polar surface area (TPSA) is 29.5 Å². The fourth-order valence-electron chi connectivity index (χ4n) is 1.63. The highest BCUT2D eigenvalue weighted by Gasteiger charge is 2.20. The summed E-state index contributed by atoms with van der Waals surface area (Å²) in [4.78, 5) is 11.6. The van der Waals surface area contributed by atoms with Crippen LogP contribution in [-0.2, 0) is 11.2 Å². The number of halogens is 1. The monoisotopic (exact) mass is 283 g/mol. The normalized spacial score (nSPS) is 11.2. The standard InChI is InChI=1S/C15H22ClNO2/c1-15(2,3)19-14(18)17(16)12-8-7-11-13-9-5-4-6-10-13/h4-6,9-10H,7-8,11-12H2,1-3H3. The van der Waals surface area contributed by atoms with Gasteiger partial charge in [0.25, 0.3) is 0 Å². The second kappa shape index (κ2) is 7.39. The van der Waals surface area contributed by atoms with Crippen molar-refractivity contribution in [3.63, 3.8) is 0 Å². The molecular formula is C15H22ClNO2. The highest BCUT2D eigenvalue weighted by atomic mass is 35.5. The van der Waals surface area contributed by atoms with E-state index in [1.54, 1.807) is 0 Å². The van der Waals surface area contributed by atoms with Gasteiger partial charge < -0.3 is 4.74 Å². The number of carbonyl (C=O) groups excluding carboxylic acids is 1. The Hall–Kier alpha value is -1.22. The molecule has 0 bridgehead atoms. The molecule has 3 nitrogen and oxygen atoms in total. The van der Waals surface area contributed by atoms with E-state index in [1.165, 1.54) is 5.56 Å². The van der Waals surface area contributed by atoms with Crippen LogP contribution >= 0.6 is 11.8 Å². The molecule has 0 radical (unpaired) electrons. The Bertz CT molecular complexity index is 387. The smallest absolute Gasteiger partial charge is 0.425 e. The van der Waals surface area contributed by atoms with Crippen molar-refractivity contribution in [2.45, 2.75) is 45.6 Å². The van der Waals surface area contributed by atoms with Crippen LogP contribution in [0.3, 0.4) is 0 Å². The van der Waals surface area contributed by atoms with Crippen LogP contribution < -0.4 is 0 Å². The van der Waals surface area contributed by atoms with Crippen molar-refractivity contribution in [2.24, 2.45) is 0 Å². The fraction of sp³-hybridized carbons (Fsp3) is 0.533. The van der Waals surface area contributed by atoms with Crippen LogP contribution in [0.5, 0.6) is 0 Å². The molecule has 0 aliphatic heterocycles. The van der Waals surface area contributed by atoms with E-state index >= 15 is 0 Å². The van der Waals surface area contributed by atoms with E-state index in [-0.39, 0.29) is 0 Å². The number of ether oxygens (including phenoxy) is 1. The Balaban J connectivity index is 2.20. The zero-order valence-electron chi connectivity index (χ0n) is 11.9. The quantitative estimate of drug-likeness (QED) is 0.592. The number of unbranched alkanes of at least 4 members (excludes halogenated alkanes) is 1. The molecule has 1 amide bonds.